The van der Waals surface area contributed by atoms with Crippen molar-refractivity contribution in [3.63, 3.8) is 0 Å². The number of carbonyl (C=O) groups excluding carboxylic acids is 1. The highest BCUT2D eigenvalue weighted by Crippen LogP contribution is 2.25. The average Bonchev–Trinajstić information content (AvgIpc) is 3.32. The predicted octanol–water partition coefficient (Wildman–Crippen LogP) is -0.243. The smallest absolute Gasteiger partial charge is 1.00 e. The molecule has 0 bridgehead atoms. The molecule has 0 aliphatic carbocycles. The Morgan fingerprint density at radius 3 is 2.64 bits per heavy atom. The van der Waals surface area contributed by atoms with Crippen LogP contribution >= 0.6 is 0 Å². The monoisotopic (exact) mass is 402 g/mol. The topological polar surface area (TPSA) is 82.9 Å². The standard InChI is InChI=1S/C21H23FN4O.ClH/c22-17-5-3-14(4-6-17)15-1-2-16-9-20(26-19(16)8-15)21(27)25-12-18-7-13(10-23)11-24-18;/h1-6,8-9,13,18,24,26H,7,10-12,23H2,(H,25,27);1H/t13-,18+;/m0./s1. The van der Waals surface area contributed by atoms with E-state index in [4.69, 9.17) is 5.73 Å². The van der Waals surface area contributed by atoms with Gasteiger partial charge in [-0.15, -0.1) is 0 Å². The number of benzene rings is 2. The summed E-state index contributed by atoms with van der Waals surface area (Å²) in [4.78, 5) is 15.7. The summed E-state index contributed by atoms with van der Waals surface area (Å²) in [5, 5.41) is 7.34. The van der Waals surface area contributed by atoms with Gasteiger partial charge in [-0.25, -0.2) is 4.39 Å². The van der Waals surface area contributed by atoms with Gasteiger partial charge in [0.15, 0.2) is 0 Å². The van der Waals surface area contributed by atoms with E-state index in [0.29, 0.717) is 24.7 Å². The molecule has 1 aliphatic heterocycles. The van der Waals surface area contributed by atoms with Gasteiger partial charge in [0.1, 0.15) is 11.5 Å². The number of aromatic nitrogens is 1. The lowest BCUT2D eigenvalue weighted by molar-refractivity contribution is -0.0000143. The lowest BCUT2D eigenvalue weighted by Gasteiger charge is -2.11. The molecule has 1 amide bonds. The first kappa shape index (κ1) is 20.3. The normalized spacial score (nSPS) is 18.8. The number of nitrogens with one attached hydrogen (secondary N) is 3. The van der Waals surface area contributed by atoms with Crippen LogP contribution in [0.3, 0.4) is 0 Å². The average molecular weight is 403 g/mol. The van der Waals surface area contributed by atoms with Crippen molar-refractivity contribution in [2.45, 2.75) is 12.5 Å². The summed E-state index contributed by atoms with van der Waals surface area (Å²) in [6, 6.07) is 14.4. The number of rotatable bonds is 5. The molecule has 0 radical (unpaired) electrons. The van der Waals surface area contributed by atoms with E-state index >= 15 is 0 Å². The van der Waals surface area contributed by atoms with Crippen molar-refractivity contribution in [1.82, 2.24) is 15.6 Å². The third-order valence-corrected chi connectivity index (χ3v) is 5.20. The molecule has 4 rings (SSSR count). The maximum Gasteiger partial charge on any atom is 1.00 e. The highest BCUT2D eigenvalue weighted by Gasteiger charge is 2.23. The highest BCUT2D eigenvalue weighted by atomic mass is 35.5. The first-order valence-electron chi connectivity index (χ1n) is 9.23. The van der Waals surface area contributed by atoms with Gasteiger partial charge < -0.3 is 33.8 Å². The number of amides is 1. The van der Waals surface area contributed by atoms with Gasteiger partial charge in [0.2, 0.25) is 0 Å². The fourth-order valence-corrected chi connectivity index (χ4v) is 3.62. The molecule has 0 saturated carbocycles. The maximum absolute atomic E-state index is 13.1. The van der Waals surface area contributed by atoms with Crippen LogP contribution in [0.2, 0.25) is 0 Å². The van der Waals surface area contributed by atoms with Crippen LogP contribution in [0.15, 0.2) is 48.5 Å². The van der Waals surface area contributed by atoms with Crippen molar-refractivity contribution < 1.29 is 23.0 Å². The number of hydrogen-bond donors (Lipinski definition) is 4. The Morgan fingerprint density at radius 2 is 1.93 bits per heavy atom. The molecule has 1 saturated heterocycles. The van der Waals surface area contributed by atoms with Crippen LogP contribution in [0.25, 0.3) is 22.0 Å². The van der Waals surface area contributed by atoms with Gasteiger partial charge in [0.05, 0.1) is 0 Å². The van der Waals surface area contributed by atoms with Crippen LogP contribution in [-0.2, 0) is 0 Å². The van der Waals surface area contributed by atoms with E-state index in [1.165, 1.54) is 12.1 Å². The van der Waals surface area contributed by atoms with E-state index < -0.39 is 0 Å². The molecule has 2 aromatic carbocycles. The van der Waals surface area contributed by atoms with Crippen LogP contribution in [-0.4, -0.2) is 36.6 Å². The molecule has 3 aromatic rings. The second-order valence-electron chi connectivity index (χ2n) is 7.14. The van der Waals surface area contributed by atoms with Gasteiger partial charge >= 0.3 is 1.43 Å². The summed E-state index contributed by atoms with van der Waals surface area (Å²) < 4.78 is 13.1. The zero-order valence-electron chi connectivity index (χ0n) is 16.3. The lowest BCUT2D eigenvalue weighted by Crippen LogP contribution is -3.00. The van der Waals surface area contributed by atoms with Gasteiger partial charge in [-0.3, -0.25) is 4.79 Å². The van der Waals surface area contributed by atoms with E-state index in [1.54, 1.807) is 12.1 Å². The summed E-state index contributed by atoms with van der Waals surface area (Å²) in [6.45, 7) is 2.18. The fraction of sp³-hybridized carbons (Fsp3) is 0.286. The van der Waals surface area contributed by atoms with Gasteiger partial charge in [-0.05, 0) is 60.8 Å². The van der Waals surface area contributed by atoms with Gasteiger partial charge in [-0.2, -0.15) is 0 Å². The number of H-pyrrole nitrogens is 1. The summed E-state index contributed by atoms with van der Waals surface area (Å²) in [5.74, 6) is 0.116. The molecule has 0 spiro atoms. The van der Waals surface area contributed by atoms with Crippen molar-refractivity contribution in [1.29, 1.82) is 0 Å². The molecule has 5 N–H and O–H groups in total. The molecule has 1 aliphatic rings. The third-order valence-electron chi connectivity index (χ3n) is 5.20. The zero-order chi connectivity index (χ0) is 18.8. The minimum absolute atomic E-state index is 0. The Morgan fingerprint density at radius 1 is 1.18 bits per heavy atom. The molecule has 0 unspecified atom stereocenters. The summed E-state index contributed by atoms with van der Waals surface area (Å²) in [5.41, 5.74) is 9.02. The number of hydrogen-bond acceptors (Lipinski definition) is 3. The Balaban J connectivity index is 0.00000150. The molecule has 148 valence electrons. The van der Waals surface area contributed by atoms with Crippen LogP contribution in [0.1, 0.15) is 18.3 Å². The van der Waals surface area contributed by atoms with Crippen LogP contribution in [0.5, 0.6) is 0 Å². The van der Waals surface area contributed by atoms with E-state index in [9.17, 15) is 9.18 Å². The number of halogens is 2. The highest BCUT2D eigenvalue weighted by molar-refractivity contribution is 5.98. The second-order valence-corrected chi connectivity index (χ2v) is 7.14. The fourth-order valence-electron chi connectivity index (χ4n) is 3.62. The van der Waals surface area contributed by atoms with Crippen molar-refractivity contribution >= 4 is 16.8 Å². The molecular formula is C21H24ClFN4O. The molecule has 1 aromatic heterocycles. The number of fused-ring (bicyclic) bond motifs is 1. The Hall–Kier alpha value is -2.41. The summed E-state index contributed by atoms with van der Waals surface area (Å²) in [6.07, 6.45) is 0.991. The molecule has 7 heteroatoms. The number of nitrogens with two attached hydrogens (primary N) is 1. The zero-order valence-corrected chi connectivity index (χ0v) is 16.1. The molecule has 1 fully saturated rings. The quantitative estimate of drug-likeness (QED) is 0.475. The molecule has 28 heavy (non-hydrogen) atoms. The second kappa shape index (κ2) is 8.73. The molecule has 2 heterocycles. The predicted molar refractivity (Wildman–Crippen MR) is 106 cm³/mol. The number of aromatic amines is 1. The minimum Gasteiger partial charge on any atom is -1.00 e. The van der Waals surface area contributed by atoms with Gasteiger partial charge in [0.25, 0.3) is 5.91 Å². The third kappa shape index (κ3) is 4.35. The van der Waals surface area contributed by atoms with Crippen molar-refractivity contribution in [2.75, 3.05) is 19.6 Å². The van der Waals surface area contributed by atoms with E-state index in [0.717, 1.165) is 35.0 Å². The van der Waals surface area contributed by atoms with Crippen LogP contribution in [0, 0.1) is 11.7 Å². The Kier molecular flexibility index (Phi) is 6.34. The maximum atomic E-state index is 13.1. The summed E-state index contributed by atoms with van der Waals surface area (Å²) in [7, 11) is 0. The molecule has 5 nitrogen and oxygen atoms in total. The first-order valence-corrected chi connectivity index (χ1v) is 9.23. The van der Waals surface area contributed by atoms with E-state index in [1.807, 2.05) is 24.3 Å². The van der Waals surface area contributed by atoms with Crippen molar-refractivity contribution in [3.05, 3.63) is 60.0 Å². The Bertz CT molecular complexity index is 963. The van der Waals surface area contributed by atoms with Crippen LogP contribution in [0.4, 0.5) is 4.39 Å². The van der Waals surface area contributed by atoms with E-state index in [-0.39, 0.29) is 31.6 Å². The minimum atomic E-state index is -0.256. The largest absolute Gasteiger partial charge is 1.00 e. The number of carbonyl (C=O) groups is 1. The molecular weight excluding hydrogens is 379 g/mol. The Labute approximate surface area is 170 Å². The van der Waals surface area contributed by atoms with Crippen LogP contribution < -0.4 is 28.8 Å². The van der Waals surface area contributed by atoms with E-state index in [2.05, 4.69) is 15.6 Å². The van der Waals surface area contributed by atoms with Gasteiger partial charge in [-0.1, -0.05) is 24.3 Å². The van der Waals surface area contributed by atoms with Gasteiger partial charge in [0, 0.05) is 23.5 Å². The molecule has 2 atom stereocenters. The van der Waals surface area contributed by atoms with Crippen molar-refractivity contribution in [2.24, 2.45) is 11.7 Å². The summed E-state index contributed by atoms with van der Waals surface area (Å²) >= 11 is 0. The lowest BCUT2D eigenvalue weighted by atomic mass is 10.0. The SMILES string of the molecule is NC[C@H]1CN[C@@H](CNC(=O)c2cc3ccc(-c4ccc(F)cc4)cc3[nH]2)C1.[Cl-].[H+]. The first-order chi connectivity index (χ1) is 13.1. The van der Waals surface area contributed by atoms with Crippen molar-refractivity contribution in [3.8, 4) is 11.1 Å².